The van der Waals surface area contributed by atoms with Crippen molar-refractivity contribution in [2.24, 2.45) is 11.1 Å². The molecule has 3 aromatic rings. The van der Waals surface area contributed by atoms with Gasteiger partial charge < -0.3 is 24.9 Å². The molecule has 10 nitrogen and oxygen atoms in total. The Morgan fingerprint density at radius 3 is 2.42 bits per heavy atom. The number of thioether (sulfide) groups is 1. The normalized spacial score (nSPS) is 21.9. The van der Waals surface area contributed by atoms with Crippen molar-refractivity contribution in [2.75, 3.05) is 19.5 Å². The molecule has 0 unspecified atom stereocenters. The van der Waals surface area contributed by atoms with Crippen molar-refractivity contribution in [3.63, 3.8) is 0 Å². The second-order valence-corrected chi connectivity index (χ2v) is 9.59. The van der Waals surface area contributed by atoms with E-state index in [1.807, 2.05) is 6.26 Å². The Balaban J connectivity index is 1.78. The SMILES string of the molecule is CSc1nccc(-c2[nH]c(C3(C(N)=O)OCC(C)(C(=O)OC(C)C)CO3)nc2-c2ccc(F)cc2)n1. The summed E-state index contributed by atoms with van der Waals surface area (Å²) < 4.78 is 30.6. The van der Waals surface area contributed by atoms with E-state index in [0.29, 0.717) is 27.8 Å². The third-order valence-electron chi connectivity index (χ3n) is 5.55. The Morgan fingerprint density at radius 1 is 1.17 bits per heavy atom. The van der Waals surface area contributed by atoms with Gasteiger partial charge in [-0.05, 0) is 57.4 Å². The number of halogens is 1. The molecule has 12 heteroatoms. The number of carbonyl (C=O) groups excluding carboxylic acids is 2. The lowest BCUT2D eigenvalue weighted by Crippen LogP contribution is -2.56. The number of aromatic nitrogens is 4. The molecule has 0 spiro atoms. The van der Waals surface area contributed by atoms with E-state index in [0.717, 1.165) is 0 Å². The zero-order chi connectivity index (χ0) is 26.1. The van der Waals surface area contributed by atoms with Gasteiger partial charge in [0.1, 0.15) is 11.2 Å². The molecule has 0 atom stereocenters. The molecule has 190 valence electrons. The number of ether oxygens (including phenoxy) is 3. The van der Waals surface area contributed by atoms with Crippen LogP contribution in [0.2, 0.25) is 0 Å². The molecule has 4 rings (SSSR count). The lowest BCUT2D eigenvalue weighted by molar-refractivity contribution is -0.294. The number of rotatable bonds is 7. The van der Waals surface area contributed by atoms with E-state index < -0.39 is 28.9 Å². The lowest BCUT2D eigenvalue weighted by atomic mass is 9.91. The standard InChI is InChI=1S/C24H26FN5O5S/c1-13(2)35-21(32)23(3)11-33-24(19(26)31,34-12-23)20-29-17(14-5-7-15(25)8-6-14)18(30-20)16-9-10-27-22(28-16)36-4/h5-10,13H,11-12H2,1-4H3,(H2,26,31)(H,29,30). The maximum atomic E-state index is 13.6. The second kappa shape index (κ2) is 9.96. The van der Waals surface area contributed by atoms with E-state index in [9.17, 15) is 14.0 Å². The molecule has 1 aromatic carbocycles. The van der Waals surface area contributed by atoms with E-state index in [1.165, 1.54) is 23.9 Å². The van der Waals surface area contributed by atoms with Gasteiger partial charge >= 0.3 is 11.8 Å². The highest BCUT2D eigenvalue weighted by atomic mass is 32.2. The molecule has 2 aromatic heterocycles. The van der Waals surface area contributed by atoms with Crippen molar-refractivity contribution < 1.29 is 28.2 Å². The third-order valence-corrected chi connectivity index (χ3v) is 6.12. The minimum Gasteiger partial charge on any atom is -0.462 e. The summed E-state index contributed by atoms with van der Waals surface area (Å²) in [6.45, 7) is 4.68. The first-order valence-electron chi connectivity index (χ1n) is 11.1. The van der Waals surface area contributed by atoms with Gasteiger partial charge in [-0.25, -0.2) is 19.3 Å². The Kier molecular flexibility index (Phi) is 7.12. The van der Waals surface area contributed by atoms with Gasteiger partial charge in [-0.15, -0.1) is 0 Å². The number of amides is 1. The van der Waals surface area contributed by atoms with Crippen LogP contribution in [-0.2, 0) is 29.6 Å². The molecule has 1 saturated heterocycles. The number of esters is 1. The number of imidazole rings is 1. The fraction of sp³-hybridized carbons (Fsp3) is 0.375. The monoisotopic (exact) mass is 515 g/mol. The van der Waals surface area contributed by atoms with Crippen LogP contribution in [0.5, 0.6) is 0 Å². The average Bonchev–Trinajstić information content (AvgIpc) is 3.30. The second-order valence-electron chi connectivity index (χ2n) is 8.82. The predicted molar refractivity (Wildman–Crippen MR) is 129 cm³/mol. The molecule has 0 radical (unpaired) electrons. The van der Waals surface area contributed by atoms with E-state index in [4.69, 9.17) is 19.9 Å². The smallest absolute Gasteiger partial charge is 0.316 e. The van der Waals surface area contributed by atoms with Crippen molar-refractivity contribution in [3.05, 3.63) is 48.2 Å². The molecule has 1 amide bonds. The molecule has 1 aliphatic rings. The van der Waals surface area contributed by atoms with Gasteiger partial charge in [0.15, 0.2) is 11.0 Å². The first-order chi connectivity index (χ1) is 17.1. The Hall–Kier alpha value is -3.35. The van der Waals surface area contributed by atoms with Gasteiger partial charge in [0.2, 0.25) is 0 Å². The molecule has 1 aliphatic heterocycles. The van der Waals surface area contributed by atoms with Gasteiger partial charge in [0.05, 0.1) is 36.4 Å². The molecule has 36 heavy (non-hydrogen) atoms. The Bertz CT molecular complexity index is 1270. The van der Waals surface area contributed by atoms with Crippen molar-refractivity contribution in [3.8, 4) is 22.6 Å². The topological polar surface area (TPSA) is 142 Å². The summed E-state index contributed by atoms with van der Waals surface area (Å²) in [7, 11) is 0. The highest BCUT2D eigenvalue weighted by molar-refractivity contribution is 7.98. The zero-order valence-electron chi connectivity index (χ0n) is 20.2. The number of carbonyl (C=O) groups is 2. The first kappa shape index (κ1) is 25.7. The van der Waals surface area contributed by atoms with Crippen LogP contribution in [0.4, 0.5) is 4.39 Å². The van der Waals surface area contributed by atoms with Gasteiger partial charge in [0, 0.05) is 11.8 Å². The molecular weight excluding hydrogens is 489 g/mol. The van der Waals surface area contributed by atoms with Crippen molar-refractivity contribution in [2.45, 2.75) is 37.8 Å². The Morgan fingerprint density at radius 2 is 1.83 bits per heavy atom. The summed E-state index contributed by atoms with van der Waals surface area (Å²) in [6.07, 6.45) is 3.10. The molecule has 3 heterocycles. The van der Waals surface area contributed by atoms with Crippen LogP contribution in [0.15, 0.2) is 41.7 Å². The fourth-order valence-corrected chi connectivity index (χ4v) is 3.94. The highest BCUT2D eigenvalue weighted by Crippen LogP contribution is 2.39. The molecule has 1 fully saturated rings. The van der Waals surface area contributed by atoms with E-state index >= 15 is 0 Å². The van der Waals surface area contributed by atoms with Crippen LogP contribution in [0.1, 0.15) is 26.6 Å². The van der Waals surface area contributed by atoms with Crippen LogP contribution < -0.4 is 5.73 Å². The van der Waals surface area contributed by atoms with E-state index in [2.05, 4.69) is 19.9 Å². The minimum absolute atomic E-state index is 0.0343. The minimum atomic E-state index is -2.10. The average molecular weight is 516 g/mol. The predicted octanol–water partition coefficient (Wildman–Crippen LogP) is 3.04. The summed E-state index contributed by atoms with van der Waals surface area (Å²) >= 11 is 1.35. The maximum absolute atomic E-state index is 13.6. The molecular formula is C24H26FN5O5S. The van der Waals surface area contributed by atoms with Crippen LogP contribution >= 0.6 is 11.8 Å². The number of primary amides is 1. The number of benzene rings is 1. The molecule has 0 saturated carbocycles. The van der Waals surface area contributed by atoms with Crippen LogP contribution in [0.25, 0.3) is 22.6 Å². The number of hydrogen-bond acceptors (Lipinski definition) is 9. The first-order valence-corrected chi connectivity index (χ1v) is 12.3. The number of nitrogens with one attached hydrogen (secondary N) is 1. The lowest BCUT2D eigenvalue weighted by Gasteiger charge is -2.40. The van der Waals surface area contributed by atoms with Gasteiger partial charge in [-0.1, -0.05) is 11.8 Å². The largest absolute Gasteiger partial charge is 0.462 e. The number of hydrogen-bond donors (Lipinski definition) is 2. The highest BCUT2D eigenvalue weighted by Gasteiger charge is 2.54. The van der Waals surface area contributed by atoms with Gasteiger partial charge in [0.25, 0.3) is 5.91 Å². The molecule has 3 N–H and O–H groups in total. The molecule has 0 bridgehead atoms. The van der Waals surface area contributed by atoms with Gasteiger partial charge in [-0.2, -0.15) is 0 Å². The quantitative estimate of drug-likeness (QED) is 0.276. The van der Waals surface area contributed by atoms with Crippen LogP contribution in [-0.4, -0.2) is 57.4 Å². The summed E-state index contributed by atoms with van der Waals surface area (Å²) in [5.74, 6) is -4.02. The third kappa shape index (κ3) is 4.84. The van der Waals surface area contributed by atoms with Crippen molar-refractivity contribution in [1.29, 1.82) is 0 Å². The number of aromatic amines is 1. The van der Waals surface area contributed by atoms with Crippen LogP contribution in [0.3, 0.4) is 0 Å². The summed E-state index contributed by atoms with van der Waals surface area (Å²) in [5, 5.41) is 0.517. The fourth-order valence-electron chi connectivity index (χ4n) is 3.58. The Labute approximate surface area is 211 Å². The van der Waals surface area contributed by atoms with Gasteiger partial charge in [-0.3, -0.25) is 9.59 Å². The summed E-state index contributed by atoms with van der Waals surface area (Å²) in [4.78, 5) is 41.6. The van der Waals surface area contributed by atoms with Crippen molar-refractivity contribution >= 4 is 23.6 Å². The van der Waals surface area contributed by atoms with E-state index in [-0.39, 0.29) is 25.1 Å². The maximum Gasteiger partial charge on any atom is 0.316 e. The summed E-state index contributed by atoms with van der Waals surface area (Å²) in [5.41, 5.74) is 6.42. The van der Waals surface area contributed by atoms with Crippen LogP contribution in [0, 0.1) is 11.2 Å². The van der Waals surface area contributed by atoms with Crippen molar-refractivity contribution in [1.82, 2.24) is 19.9 Å². The summed E-state index contributed by atoms with van der Waals surface area (Å²) in [6, 6.07) is 7.36. The number of nitrogens with zero attached hydrogens (tertiary/aromatic N) is 3. The van der Waals surface area contributed by atoms with E-state index in [1.54, 1.807) is 45.2 Å². The molecule has 0 aliphatic carbocycles. The zero-order valence-corrected chi connectivity index (χ0v) is 21.0. The number of H-pyrrole nitrogens is 1. The number of nitrogens with two attached hydrogens (primary N) is 1.